The van der Waals surface area contributed by atoms with E-state index >= 15 is 0 Å². The lowest BCUT2D eigenvalue weighted by atomic mass is 10.2. The van der Waals surface area contributed by atoms with Crippen molar-refractivity contribution >= 4 is 22.8 Å². The van der Waals surface area contributed by atoms with E-state index in [0.717, 1.165) is 0 Å². The number of nitrogens with two attached hydrogens (primary N) is 1. The molecule has 0 bridgehead atoms. The van der Waals surface area contributed by atoms with E-state index in [1.807, 2.05) is 6.07 Å². The first-order chi connectivity index (χ1) is 5.16. The van der Waals surface area contributed by atoms with Crippen LogP contribution in [0.2, 0.25) is 0 Å². The molecule has 2 N–H and O–H groups in total. The second-order valence-corrected chi connectivity index (χ2v) is 2.94. The van der Waals surface area contributed by atoms with Gasteiger partial charge in [0.1, 0.15) is 6.07 Å². The lowest BCUT2D eigenvalue weighted by Gasteiger charge is -1.90. The number of thiophene rings is 1. The molecule has 0 radical (unpaired) electrons. The maximum atomic E-state index is 10.8. The number of nitrogens with zero attached hydrogens (tertiary/aromatic N) is 1. The molecule has 0 fully saturated rings. The highest BCUT2D eigenvalue weighted by molar-refractivity contribution is 7.13. The van der Waals surface area contributed by atoms with Gasteiger partial charge in [0, 0.05) is 12.3 Å². The van der Waals surface area contributed by atoms with Gasteiger partial charge in [-0.2, -0.15) is 5.26 Å². The number of hydrogen-bond donors (Lipinski definition) is 1. The van der Waals surface area contributed by atoms with Gasteiger partial charge in [-0.3, -0.25) is 4.79 Å². The summed E-state index contributed by atoms with van der Waals surface area (Å²) in [6.07, 6.45) is 0. The number of rotatable bonds is 1. The Morgan fingerprint density at radius 2 is 2.45 bits per heavy atom. The van der Waals surface area contributed by atoms with Gasteiger partial charge in [0.25, 0.3) is 0 Å². The summed E-state index contributed by atoms with van der Waals surface area (Å²) < 4.78 is 0. The molecule has 11 heavy (non-hydrogen) atoms. The van der Waals surface area contributed by atoms with Gasteiger partial charge in [0.15, 0.2) is 5.78 Å². The van der Waals surface area contributed by atoms with E-state index in [-0.39, 0.29) is 5.78 Å². The number of anilines is 1. The number of hydrogen-bond acceptors (Lipinski definition) is 4. The molecule has 0 unspecified atom stereocenters. The molecule has 1 aromatic heterocycles. The second-order valence-electron chi connectivity index (χ2n) is 2.06. The maximum Gasteiger partial charge on any atom is 0.171 e. The summed E-state index contributed by atoms with van der Waals surface area (Å²) in [5.74, 6) is -0.0889. The summed E-state index contributed by atoms with van der Waals surface area (Å²) in [4.78, 5) is 11.3. The Labute approximate surface area is 68.1 Å². The molecular formula is C7H6N2OS. The predicted molar refractivity (Wildman–Crippen MR) is 43.5 cm³/mol. The van der Waals surface area contributed by atoms with E-state index in [4.69, 9.17) is 11.0 Å². The van der Waals surface area contributed by atoms with Crippen LogP contribution in [0.3, 0.4) is 0 Å². The molecule has 0 saturated carbocycles. The molecule has 4 heteroatoms. The zero-order valence-corrected chi connectivity index (χ0v) is 6.73. The highest BCUT2D eigenvalue weighted by atomic mass is 32.1. The van der Waals surface area contributed by atoms with Gasteiger partial charge in [-0.15, -0.1) is 11.3 Å². The Bertz CT molecular complexity index is 335. The first kappa shape index (κ1) is 7.76. The van der Waals surface area contributed by atoms with Gasteiger partial charge < -0.3 is 5.73 Å². The average molecular weight is 166 g/mol. The highest BCUT2D eigenvalue weighted by Gasteiger charge is 2.10. The van der Waals surface area contributed by atoms with Crippen molar-refractivity contribution in [1.29, 1.82) is 5.26 Å². The van der Waals surface area contributed by atoms with Crippen LogP contribution in [0.1, 0.15) is 22.2 Å². The predicted octanol–water partition coefficient (Wildman–Crippen LogP) is 1.40. The quantitative estimate of drug-likeness (QED) is 0.641. The largest absolute Gasteiger partial charge is 0.396 e. The Morgan fingerprint density at radius 1 is 1.82 bits per heavy atom. The number of ketones is 1. The molecule has 3 nitrogen and oxygen atoms in total. The SMILES string of the molecule is CC(=O)c1scc(C#N)c1N. The lowest BCUT2D eigenvalue weighted by molar-refractivity contribution is 0.102. The summed E-state index contributed by atoms with van der Waals surface area (Å²) in [6.45, 7) is 1.43. The van der Waals surface area contributed by atoms with E-state index in [1.54, 1.807) is 5.38 Å². The van der Waals surface area contributed by atoms with Crippen molar-refractivity contribution in [1.82, 2.24) is 0 Å². The minimum Gasteiger partial charge on any atom is -0.396 e. The van der Waals surface area contributed by atoms with Crippen molar-refractivity contribution < 1.29 is 4.79 Å². The number of Topliss-reactive ketones (excluding diaryl/α,β-unsaturated/α-hetero) is 1. The van der Waals surface area contributed by atoms with Crippen molar-refractivity contribution in [3.63, 3.8) is 0 Å². The van der Waals surface area contributed by atoms with E-state index in [0.29, 0.717) is 16.1 Å². The molecule has 1 aromatic rings. The molecule has 0 spiro atoms. The summed E-state index contributed by atoms with van der Waals surface area (Å²) in [6, 6.07) is 1.90. The third-order valence-corrected chi connectivity index (χ3v) is 2.37. The average Bonchev–Trinajstić information content (AvgIpc) is 2.30. The van der Waals surface area contributed by atoms with Crippen LogP contribution >= 0.6 is 11.3 Å². The van der Waals surface area contributed by atoms with Crippen molar-refractivity contribution in [2.45, 2.75) is 6.92 Å². The third-order valence-electron chi connectivity index (χ3n) is 1.27. The fourth-order valence-corrected chi connectivity index (χ4v) is 1.54. The first-order valence-electron chi connectivity index (χ1n) is 2.94. The van der Waals surface area contributed by atoms with Crippen LogP contribution in [0.5, 0.6) is 0 Å². The van der Waals surface area contributed by atoms with Crippen LogP contribution < -0.4 is 5.73 Å². The van der Waals surface area contributed by atoms with E-state index in [9.17, 15) is 4.79 Å². The Balaban J connectivity index is 3.24. The maximum absolute atomic E-state index is 10.8. The van der Waals surface area contributed by atoms with Gasteiger partial charge in [0.2, 0.25) is 0 Å². The molecule has 0 aliphatic rings. The molecule has 1 rings (SSSR count). The van der Waals surface area contributed by atoms with Crippen molar-refractivity contribution in [3.8, 4) is 6.07 Å². The van der Waals surface area contributed by atoms with Crippen LogP contribution in [-0.4, -0.2) is 5.78 Å². The monoisotopic (exact) mass is 166 g/mol. The Kier molecular flexibility index (Phi) is 1.92. The zero-order valence-electron chi connectivity index (χ0n) is 5.92. The minimum atomic E-state index is -0.0889. The molecule has 0 aliphatic carbocycles. The van der Waals surface area contributed by atoms with Crippen molar-refractivity contribution in [2.24, 2.45) is 0 Å². The fourth-order valence-electron chi connectivity index (χ4n) is 0.726. The van der Waals surface area contributed by atoms with Crippen LogP contribution in [0, 0.1) is 11.3 Å². The van der Waals surface area contributed by atoms with Crippen molar-refractivity contribution in [3.05, 3.63) is 15.8 Å². The molecule has 1 heterocycles. The number of carbonyl (C=O) groups is 1. The van der Waals surface area contributed by atoms with Gasteiger partial charge in [-0.1, -0.05) is 0 Å². The smallest absolute Gasteiger partial charge is 0.171 e. The standard InChI is InChI=1S/C7H6N2OS/c1-4(10)7-6(9)5(2-8)3-11-7/h3H,9H2,1H3. The molecule has 0 aliphatic heterocycles. The summed E-state index contributed by atoms with van der Waals surface area (Å²) >= 11 is 1.21. The molecule has 56 valence electrons. The minimum absolute atomic E-state index is 0.0889. The molecule has 0 aromatic carbocycles. The van der Waals surface area contributed by atoms with Gasteiger partial charge in [0.05, 0.1) is 16.1 Å². The number of nitrogen functional groups attached to an aromatic ring is 1. The van der Waals surface area contributed by atoms with E-state index in [1.165, 1.54) is 18.3 Å². The van der Waals surface area contributed by atoms with Crippen LogP contribution in [0.4, 0.5) is 5.69 Å². The fraction of sp³-hybridized carbons (Fsp3) is 0.143. The number of nitriles is 1. The van der Waals surface area contributed by atoms with Crippen LogP contribution in [0.15, 0.2) is 5.38 Å². The Morgan fingerprint density at radius 3 is 2.73 bits per heavy atom. The van der Waals surface area contributed by atoms with Gasteiger partial charge >= 0.3 is 0 Å². The van der Waals surface area contributed by atoms with E-state index < -0.39 is 0 Å². The molecular weight excluding hydrogens is 160 g/mol. The highest BCUT2D eigenvalue weighted by Crippen LogP contribution is 2.24. The molecule has 0 saturated heterocycles. The van der Waals surface area contributed by atoms with Gasteiger partial charge in [-0.05, 0) is 0 Å². The molecule has 0 atom stereocenters. The summed E-state index contributed by atoms with van der Waals surface area (Å²) in [7, 11) is 0. The van der Waals surface area contributed by atoms with Crippen LogP contribution in [0.25, 0.3) is 0 Å². The Hall–Kier alpha value is -1.34. The normalized spacial score (nSPS) is 9.09. The van der Waals surface area contributed by atoms with Gasteiger partial charge in [-0.25, -0.2) is 0 Å². The summed E-state index contributed by atoms with van der Waals surface area (Å²) in [5.41, 5.74) is 6.18. The zero-order chi connectivity index (χ0) is 8.43. The third kappa shape index (κ3) is 1.23. The molecule has 0 amide bonds. The number of carbonyl (C=O) groups excluding carboxylic acids is 1. The first-order valence-corrected chi connectivity index (χ1v) is 3.82. The summed E-state index contributed by atoms with van der Waals surface area (Å²) in [5, 5.41) is 10.1. The lowest BCUT2D eigenvalue weighted by Crippen LogP contribution is -1.95. The van der Waals surface area contributed by atoms with E-state index in [2.05, 4.69) is 0 Å². The topological polar surface area (TPSA) is 66.9 Å². The van der Waals surface area contributed by atoms with Crippen molar-refractivity contribution in [2.75, 3.05) is 5.73 Å². The van der Waals surface area contributed by atoms with Crippen LogP contribution in [-0.2, 0) is 0 Å². The second kappa shape index (κ2) is 2.72.